The molecule has 0 spiro atoms. The molecular formula is C19H18ClF2NO5. The van der Waals surface area contributed by atoms with E-state index in [4.69, 9.17) is 21.1 Å². The number of halogens is 3. The summed E-state index contributed by atoms with van der Waals surface area (Å²) in [7, 11) is 1.24. The van der Waals surface area contributed by atoms with Crippen LogP contribution in [0.15, 0.2) is 42.5 Å². The number of hydrogen-bond acceptors (Lipinski definition) is 5. The molecule has 0 aromatic heterocycles. The standard InChI is InChI=1S/C19H18ClF2NO5/c1-11(12-3-6-14(20)7-4-12)23-17(24)10-27-18(25)13-5-8-15(28-19(21)22)16(9-13)26-2/h3-9,11,19H,10H2,1-2H3,(H,23,24)/t11-/m1/s1. The molecule has 1 amide bonds. The van der Waals surface area contributed by atoms with Gasteiger partial charge < -0.3 is 19.5 Å². The van der Waals surface area contributed by atoms with E-state index in [1.165, 1.54) is 19.2 Å². The van der Waals surface area contributed by atoms with Crippen LogP contribution in [0.1, 0.15) is 28.9 Å². The molecule has 9 heteroatoms. The van der Waals surface area contributed by atoms with Crippen molar-refractivity contribution in [3.05, 3.63) is 58.6 Å². The first kappa shape index (κ1) is 21.4. The van der Waals surface area contributed by atoms with Crippen molar-refractivity contribution in [2.45, 2.75) is 19.6 Å². The average molecular weight is 414 g/mol. The summed E-state index contributed by atoms with van der Waals surface area (Å²) in [5.41, 5.74) is 0.862. The van der Waals surface area contributed by atoms with Crippen LogP contribution in [0.4, 0.5) is 8.78 Å². The van der Waals surface area contributed by atoms with Gasteiger partial charge in [0.25, 0.3) is 5.91 Å². The van der Waals surface area contributed by atoms with Crippen LogP contribution < -0.4 is 14.8 Å². The van der Waals surface area contributed by atoms with Crippen molar-refractivity contribution in [1.82, 2.24) is 5.32 Å². The fourth-order valence-electron chi connectivity index (χ4n) is 2.32. The van der Waals surface area contributed by atoms with Gasteiger partial charge in [-0.2, -0.15) is 8.78 Å². The second kappa shape index (κ2) is 9.89. The third kappa shape index (κ3) is 6.09. The number of hydrogen-bond donors (Lipinski definition) is 1. The van der Waals surface area contributed by atoms with E-state index in [9.17, 15) is 18.4 Å². The summed E-state index contributed by atoms with van der Waals surface area (Å²) in [6.07, 6.45) is 0. The fraction of sp³-hybridized carbons (Fsp3) is 0.263. The maximum Gasteiger partial charge on any atom is 0.387 e. The molecule has 0 saturated carbocycles. The molecule has 0 aliphatic carbocycles. The molecule has 1 atom stereocenters. The van der Waals surface area contributed by atoms with Crippen LogP contribution in [0.3, 0.4) is 0 Å². The Kier molecular flexibility index (Phi) is 7.57. The van der Waals surface area contributed by atoms with E-state index in [0.717, 1.165) is 11.6 Å². The lowest BCUT2D eigenvalue weighted by Crippen LogP contribution is -2.31. The number of rotatable bonds is 8. The van der Waals surface area contributed by atoms with E-state index in [0.29, 0.717) is 5.02 Å². The molecule has 1 N–H and O–H groups in total. The molecule has 2 rings (SSSR count). The molecule has 28 heavy (non-hydrogen) atoms. The summed E-state index contributed by atoms with van der Waals surface area (Å²) in [5, 5.41) is 3.27. The Morgan fingerprint density at radius 2 is 1.79 bits per heavy atom. The largest absolute Gasteiger partial charge is 0.493 e. The van der Waals surface area contributed by atoms with Gasteiger partial charge in [-0.15, -0.1) is 0 Å². The minimum absolute atomic E-state index is 0.0250. The van der Waals surface area contributed by atoms with Crippen LogP contribution in [0.5, 0.6) is 11.5 Å². The van der Waals surface area contributed by atoms with Crippen molar-refractivity contribution >= 4 is 23.5 Å². The summed E-state index contributed by atoms with van der Waals surface area (Å²) in [6.45, 7) is -1.76. The van der Waals surface area contributed by atoms with Crippen LogP contribution in [-0.4, -0.2) is 32.2 Å². The molecule has 2 aromatic carbocycles. The van der Waals surface area contributed by atoms with Gasteiger partial charge in [-0.25, -0.2) is 4.79 Å². The molecule has 2 aromatic rings. The number of methoxy groups -OCH3 is 1. The van der Waals surface area contributed by atoms with Gasteiger partial charge in [-0.3, -0.25) is 4.79 Å². The molecule has 150 valence electrons. The highest BCUT2D eigenvalue weighted by Gasteiger charge is 2.17. The summed E-state index contributed by atoms with van der Waals surface area (Å²) in [6, 6.07) is 10.2. The Bertz CT molecular complexity index is 830. The second-order valence-corrected chi connectivity index (χ2v) is 6.10. The number of ether oxygens (including phenoxy) is 3. The van der Waals surface area contributed by atoms with Crippen LogP contribution in [0.2, 0.25) is 5.02 Å². The topological polar surface area (TPSA) is 73.9 Å². The smallest absolute Gasteiger partial charge is 0.387 e. The van der Waals surface area contributed by atoms with E-state index in [2.05, 4.69) is 10.1 Å². The summed E-state index contributed by atoms with van der Waals surface area (Å²) in [5.74, 6) is -1.59. The minimum atomic E-state index is -3.03. The zero-order valence-electron chi connectivity index (χ0n) is 15.1. The maximum absolute atomic E-state index is 12.3. The lowest BCUT2D eigenvalue weighted by Gasteiger charge is -2.15. The number of amides is 1. The number of esters is 1. The van der Waals surface area contributed by atoms with Crippen LogP contribution in [-0.2, 0) is 9.53 Å². The molecule has 0 radical (unpaired) electrons. The fourth-order valence-corrected chi connectivity index (χ4v) is 2.45. The van der Waals surface area contributed by atoms with Gasteiger partial charge >= 0.3 is 12.6 Å². The number of alkyl halides is 2. The summed E-state index contributed by atoms with van der Waals surface area (Å²) >= 11 is 5.82. The van der Waals surface area contributed by atoms with Gasteiger partial charge in [-0.1, -0.05) is 23.7 Å². The Balaban J connectivity index is 1.92. The van der Waals surface area contributed by atoms with Crippen molar-refractivity contribution in [2.75, 3.05) is 13.7 Å². The Labute approximate surface area is 165 Å². The Hall–Kier alpha value is -2.87. The second-order valence-electron chi connectivity index (χ2n) is 5.66. The van der Waals surface area contributed by atoms with Gasteiger partial charge in [0.2, 0.25) is 0 Å². The van der Waals surface area contributed by atoms with Crippen LogP contribution in [0.25, 0.3) is 0 Å². The molecule has 0 unspecified atom stereocenters. The van der Waals surface area contributed by atoms with Crippen molar-refractivity contribution in [3.8, 4) is 11.5 Å². The molecule has 0 saturated heterocycles. The van der Waals surface area contributed by atoms with Gasteiger partial charge in [-0.05, 0) is 42.8 Å². The SMILES string of the molecule is COc1cc(C(=O)OCC(=O)N[C@H](C)c2ccc(Cl)cc2)ccc1OC(F)F. The van der Waals surface area contributed by atoms with Gasteiger partial charge in [0.1, 0.15) is 0 Å². The minimum Gasteiger partial charge on any atom is -0.493 e. The van der Waals surface area contributed by atoms with Crippen molar-refractivity contribution in [3.63, 3.8) is 0 Å². The zero-order valence-corrected chi connectivity index (χ0v) is 15.8. The van der Waals surface area contributed by atoms with E-state index in [-0.39, 0.29) is 23.1 Å². The number of nitrogens with one attached hydrogen (secondary N) is 1. The first-order valence-corrected chi connectivity index (χ1v) is 8.52. The van der Waals surface area contributed by atoms with Gasteiger partial charge in [0, 0.05) is 5.02 Å². The molecule has 0 aliphatic heterocycles. The third-order valence-corrected chi connectivity index (χ3v) is 3.95. The van der Waals surface area contributed by atoms with E-state index in [1.54, 1.807) is 31.2 Å². The zero-order chi connectivity index (χ0) is 20.7. The van der Waals surface area contributed by atoms with Crippen molar-refractivity contribution < 1.29 is 32.6 Å². The normalized spacial score (nSPS) is 11.6. The monoisotopic (exact) mass is 413 g/mol. The van der Waals surface area contributed by atoms with E-state index < -0.39 is 25.1 Å². The highest BCUT2D eigenvalue weighted by molar-refractivity contribution is 6.30. The highest BCUT2D eigenvalue weighted by atomic mass is 35.5. The quantitative estimate of drug-likeness (QED) is 0.662. The van der Waals surface area contributed by atoms with Crippen LogP contribution in [0, 0.1) is 0 Å². The number of carbonyl (C=O) groups excluding carboxylic acids is 2. The number of carbonyl (C=O) groups is 2. The predicted molar refractivity (Wildman–Crippen MR) is 97.9 cm³/mol. The van der Waals surface area contributed by atoms with E-state index in [1.807, 2.05) is 0 Å². The molecule has 6 nitrogen and oxygen atoms in total. The van der Waals surface area contributed by atoms with Gasteiger partial charge in [0.05, 0.1) is 18.7 Å². The molecular weight excluding hydrogens is 396 g/mol. The lowest BCUT2D eigenvalue weighted by atomic mass is 10.1. The maximum atomic E-state index is 12.3. The third-order valence-electron chi connectivity index (χ3n) is 3.70. The molecule has 0 heterocycles. The molecule has 0 bridgehead atoms. The molecule has 0 fully saturated rings. The van der Waals surface area contributed by atoms with Crippen molar-refractivity contribution in [2.24, 2.45) is 0 Å². The lowest BCUT2D eigenvalue weighted by molar-refractivity contribution is -0.124. The molecule has 0 aliphatic rings. The summed E-state index contributed by atoms with van der Waals surface area (Å²) in [4.78, 5) is 24.1. The Morgan fingerprint density at radius 1 is 1.11 bits per heavy atom. The van der Waals surface area contributed by atoms with E-state index >= 15 is 0 Å². The first-order chi connectivity index (χ1) is 13.3. The summed E-state index contributed by atoms with van der Waals surface area (Å²) < 4.78 is 38.8. The first-order valence-electron chi connectivity index (χ1n) is 8.15. The number of benzene rings is 2. The average Bonchev–Trinajstić information content (AvgIpc) is 2.66. The van der Waals surface area contributed by atoms with Crippen LogP contribution >= 0.6 is 11.6 Å². The highest BCUT2D eigenvalue weighted by Crippen LogP contribution is 2.29. The predicted octanol–water partition coefficient (Wildman–Crippen LogP) is 3.98. The Morgan fingerprint density at radius 3 is 2.39 bits per heavy atom. The van der Waals surface area contributed by atoms with Gasteiger partial charge in [0.15, 0.2) is 18.1 Å². The van der Waals surface area contributed by atoms with Crippen molar-refractivity contribution in [1.29, 1.82) is 0 Å².